The van der Waals surface area contributed by atoms with Crippen LogP contribution in [-0.4, -0.2) is 59.3 Å². The number of rotatable bonds is 4. The summed E-state index contributed by atoms with van der Waals surface area (Å²) in [6.45, 7) is 0.0957. The van der Waals surface area contributed by atoms with E-state index in [2.05, 4.69) is 4.98 Å². The zero-order valence-corrected chi connectivity index (χ0v) is 17.7. The second kappa shape index (κ2) is 7.54. The maximum atomic E-state index is 12.7. The Morgan fingerprint density at radius 1 is 1.27 bits per heavy atom. The number of methoxy groups -OCH3 is 1. The van der Waals surface area contributed by atoms with Crippen LogP contribution in [-0.2, 0) is 19.3 Å². The molecule has 12 heteroatoms. The third-order valence-corrected chi connectivity index (χ3v) is 8.54. The van der Waals surface area contributed by atoms with Crippen LogP contribution in [0.5, 0.6) is 5.75 Å². The average molecular weight is 456 g/mol. The summed E-state index contributed by atoms with van der Waals surface area (Å²) in [4.78, 5) is 23.4. The van der Waals surface area contributed by atoms with Gasteiger partial charge in [0.05, 0.1) is 19.0 Å². The van der Waals surface area contributed by atoms with Crippen LogP contribution in [0.1, 0.15) is 17.2 Å². The summed E-state index contributed by atoms with van der Waals surface area (Å²) in [5, 5.41) is 9.63. The van der Waals surface area contributed by atoms with Crippen molar-refractivity contribution in [1.82, 2.24) is 9.55 Å². The first kappa shape index (κ1) is 21.1. The molecule has 4 rings (SSSR count). The molecule has 3 heterocycles. The van der Waals surface area contributed by atoms with Gasteiger partial charge < -0.3 is 19.3 Å². The van der Waals surface area contributed by atoms with Gasteiger partial charge in [0, 0.05) is 24.1 Å². The first-order valence-electron chi connectivity index (χ1n) is 8.95. The van der Waals surface area contributed by atoms with Crippen LogP contribution in [0, 0.1) is 0 Å². The van der Waals surface area contributed by atoms with E-state index in [1.165, 1.54) is 7.11 Å². The minimum atomic E-state index is -4.13. The molecule has 2 aliphatic rings. The molecule has 2 saturated heterocycles. The molecular formula is C18H20N2O8S2. The maximum absolute atomic E-state index is 12.7. The van der Waals surface area contributed by atoms with Crippen LogP contribution in [0.4, 0.5) is 0 Å². The molecule has 10 nitrogen and oxygen atoms in total. The zero-order valence-electron chi connectivity index (χ0n) is 16.0. The number of nitrogens with zero attached hydrogens (tertiary/aromatic N) is 1. The van der Waals surface area contributed by atoms with Crippen molar-refractivity contribution < 1.29 is 27.7 Å². The van der Waals surface area contributed by atoms with E-state index in [1.807, 2.05) is 0 Å². The highest BCUT2D eigenvalue weighted by molar-refractivity contribution is 8.02. The van der Waals surface area contributed by atoms with E-state index in [0.717, 1.165) is 34.8 Å². The lowest BCUT2D eigenvalue weighted by molar-refractivity contribution is -0.238. The number of ether oxygens (including phenoxy) is 3. The van der Waals surface area contributed by atoms with Crippen molar-refractivity contribution in [3.05, 3.63) is 62.9 Å². The molecule has 1 aromatic heterocycles. The molecule has 2 aromatic rings. The number of H-pyrrole nitrogens is 1. The molecule has 0 amide bonds. The Labute approximate surface area is 175 Å². The number of hydrogen-bond donors (Lipinski definition) is 2. The highest BCUT2D eigenvalue weighted by atomic mass is 32.2. The van der Waals surface area contributed by atoms with Gasteiger partial charge in [-0.25, -0.2) is 13.2 Å². The van der Waals surface area contributed by atoms with E-state index in [4.69, 9.17) is 14.2 Å². The average Bonchev–Trinajstić information content (AvgIpc) is 3.01. The molecule has 0 saturated carbocycles. The minimum absolute atomic E-state index is 0.0957. The standard InChI is InChI=1S/C18H20N2O8S2/c1-26-11-5-3-10(4-6-11)15-27-9-12-14(28-15)18(23,30(2,24)25)16(29-12)20-8-7-13(21)19-17(20)22/h3-8,12,14-16,23H,9H2,1-2H3,(H,19,21,22)/t12-,14-,15?,16-,18-/m1/s1. The molecule has 2 aliphatic heterocycles. The predicted molar refractivity (Wildman–Crippen MR) is 108 cm³/mol. The number of benzene rings is 1. The number of aromatic amines is 1. The fourth-order valence-corrected chi connectivity index (χ4v) is 7.04. The van der Waals surface area contributed by atoms with Crippen LogP contribution in [0.15, 0.2) is 46.1 Å². The van der Waals surface area contributed by atoms with Gasteiger partial charge in [0.25, 0.3) is 5.56 Å². The summed E-state index contributed by atoms with van der Waals surface area (Å²) < 4.78 is 43.2. The third kappa shape index (κ3) is 3.38. The molecule has 30 heavy (non-hydrogen) atoms. The Morgan fingerprint density at radius 3 is 2.57 bits per heavy atom. The first-order chi connectivity index (χ1) is 14.1. The monoisotopic (exact) mass is 456 g/mol. The Kier molecular flexibility index (Phi) is 5.31. The molecule has 1 aromatic carbocycles. The van der Waals surface area contributed by atoms with Crippen molar-refractivity contribution in [3.63, 3.8) is 0 Å². The number of fused-ring (bicyclic) bond motifs is 1. The summed E-state index contributed by atoms with van der Waals surface area (Å²) in [7, 11) is -2.59. The highest BCUT2D eigenvalue weighted by Crippen LogP contribution is 2.54. The lowest BCUT2D eigenvalue weighted by Crippen LogP contribution is -2.56. The Balaban J connectivity index is 1.73. The summed E-state index contributed by atoms with van der Waals surface area (Å²) in [6, 6.07) is 7.95. The largest absolute Gasteiger partial charge is 0.497 e. The fraction of sp³-hybridized carbons (Fsp3) is 0.444. The van der Waals surface area contributed by atoms with Crippen LogP contribution >= 0.6 is 11.8 Å². The van der Waals surface area contributed by atoms with Gasteiger partial charge in [-0.05, 0) is 12.1 Å². The lowest BCUT2D eigenvalue weighted by atomic mass is 10.1. The van der Waals surface area contributed by atoms with Crippen molar-refractivity contribution in [3.8, 4) is 5.75 Å². The van der Waals surface area contributed by atoms with Crippen molar-refractivity contribution in [1.29, 1.82) is 0 Å². The van der Waals surface area contributed by atoms with E-state index in [-0.39, 0.29) is 6.61 Å². The first-order valence-corrected chi connectivity index (χ1v) is 11.8. The van der Waals surface area contributed by atoms with E-state index < -0.39 is 49.0 Å². The summed E-state index contributed by atoms with van der Waals surface area (Å²) in [5.41, 5.74) is -0.827. The van der Waals surface area contributed by atoms with Gasteiger partial charge in [-0.2, -0.15) is 0 Å². The molecule has 0 bridgehead atoms. The minimum Gasteiger partial charge on any atom is -0.497 e. The van der Waals surface area contributed by atoms with Gasteiger partial charge >= 0.3 is 5.69 Å². The fourth-order valence-electron chi connectivity index (χ4n) is 3.61. The second-order valence-electron chi connectivity index (χ2n) is 7.06. The Morgan fingerprint density at radius 2 is 1.97 bits per heavy atom. The molecule has 0 radical (unpaired) electrons. The Bertz CT molecular complexity index is 1160. The molecule has 0 aliphatic carbocycles. The number of thioether (sulfide) groups is 1. The van der Waals surface area contributed by atoms with Gasteiger partial charge in [0.1, 0.15) is 17.2 Å². The molecule has 1 unspecified atom stereocenters. The second-order valence-corrected chi connectivity index (χ2v) is 10.6. The van der Waals surface area contributed by atoms with Crippen LogP contribution < -0.4 is 16.0 Å². The van der Waals surface area contributed by atoms with E-state index in [9.17, 15) is 23.1 Å². The predicted octanol–water partition coefficient (Wildman–Crippen LogP) is 0.00660. The van der Waals surface area contributed by atoms with Gasteiger partial charge in [-0.15, -0.1) is 11.8 Å². The molecule has 0 spiro atoms. The zero-order chi connectivity index (χ0) is 21.7. The number of aromatic nitrogens is 2. The summed E-state index contributed by atoms with van der Waals surface area (Å²) in [6.07, 6.45) is -0.0195. The van der Waals surface area contributed by atoms with Crippen LogP contribution in [0.3, 0.4) is 0 Å². The highest BCUT2D eigenvalue weighted by Gasteiger charge is 2.65. The van der Waals surface area contributed by atoms with Gasteiger partial charge in [-0.1, -0.05) is 12.1 Å². The third-order valence-electron chi connectivity index (χ3n) is 5.17. The smallest absolute Gasteiger partial charge is 0.329 e. The van der Waals surface area contributed by atoms with Crippen molar-refractivity contribution in [2.24, 2.45) is 0 Å². The van der Waals surface area contributed by atoms with E-state index in [0.29, 0.717) is 11.3 Å². The van der Waals surface area contributed by atoms with Crippen LogP contribution in [0.25, 0.3) is 0 Å². The Hall–Kier alpha value is -2.12. The van der Waals surface area contributed by atoms with E-state index in [1.54, 1.807) is 24.3 Å². The van der Waals surface area contributed by atoms with Crippen molar-refractivity contribution in [2.45, 2.75) is 28.0 Å². The number of sulfone groups is 1. The number of nitrogens with one attached hydrogen (secondary N) is 1. The summed E-state index contributed by atoms with van der Waals surface area (Å²) >= 11 is 1.05. The van der Waals surface area contributed by atoms with Gasteiger partial charge in [0.15, 0.2) is 16.1 Å². The van der Waals surface area contributed by atoms with Crippen LogP contribution in [0.2, 0.25) is 0 Å². The van der Waals surface area contributed by atoms with Gasteiger partial charge in [0.2, 0.25) is 4.93 Å². The van der Waals surface area contributed by atoms with Crippen molar-refractivity contribution in [2.75, 3.05) is 20.0 Å². The summed E-state index contributed by atoms with van der Waals surface area (Å²) in [5.74, 6) is 0.633. The van der Waals surface area contributed by atoms with Gasteiger partial charge in [-0.3, -0.25) is 14.3 Å². The lowest BCUT2D eigenvalue weighted by Gasteiger charge is -2.38. The quantitative estimate of drug-likeness (QED) is 0.651. The molecule has 162 valence electrons. The maximum Gasteiger partial charge on any atom is 0.329 e. The SMILES string of the molecule is COc1ccc(C2OC[C@H]3S[C@@H](n4ccc(=O)[nH]c4=O)[C@](O)(S(C)(=O)=O)[C@@H]3O2)cc1. The molecule has 2 fully saturated rings. The molecular weight excluding hydrogens is 436 g/mol. The molecule has 5 atom stereocenters. The number of aliphatic hydroxyl groups is 1. The van der Waals surface area contributed by atoms with Crippen molar-refractivity contribution >= 4 is 21.6 Å². The number of hydrogen-bond acceptors (Lipinski definition) is 9. The van der Waals surface area contributed by atoms with E-state index >= 15 is 0 Å². The molecule has 2 N–H and O–H groups in total. The normalized spacial score (nSPS) is 31.3. The topological polar surface area (TPSA) is 137 Å².